The summed E-state index contributed by atoms with van der Waals surface area (Å²) in [7, 11) is 0. The maximum atomic E-state index is 13.0. The van der Waals surface area contributed by atoms with Crippen LogP contribution in [0.15, 0.2) is 59.5 Å². The smallest absolute Gasteiger partial charge is 0.307 e. The van der Waals surface area contributed by atoms with Gasteiger partial charge in [0.1, 0.15) is 6.10 Å². The Morgan fingerprint density at radius 2 is 1.80 bits per heavy atom. The number of amides is 1. The third-order valence-electron chi connectivity index (χ3n) is 5.97. The fourth-order valence-corrected chi connectivity index (χ4v) is 4.68. The van der Waals surface area contributed by atoms with Gasteiger partial charge in [-0.2, -0.15) is 0 Å². The van der Waals surface area contributed by atoms with E-state index in [0.29, 0.717) is 0 Å². The molecule has 2 aromatic carbocycles. The van der Waals surface area contributed by atoms with Crippen LogP contribution in [0.5, 0.6) is 0 Å². The monoisotopic (exact) mass is 424 g/mol. The Bertz CT molecular complexity index is 864. The molecule has 4 rings (SSSR count). The number of benzene rings is 2. The van der Waals surface area contributed by atoms with Gasteiger partial charge < -0.3 is 10.1 Å². The van der Waals surface area contributed by atoms with Crippen LogP contribution in [0.25, 0.3) is 0 Å². The standard InChI is InChI=1S/C24H28N2O3S/c1-30-20-9-7-18(8-10-20)23-21(15-22(27)29-23)24(28)25-19-11-13-26(14-12-19)16-17-5-3-2-4-6-17/h2-10,19,21,23H,11-16H2,1H3,(H,25,28)/t21-,23?/m0/s1. The van der Waals surface area contributed by atoms with Gasteiger partial charge in [-0.05, 0) is 42.4 Å². The molecule has 1 amide bonds. The van der Waals surface area contributed by atoms with Crippen LogP contribution in [-0.2, 0) is 20.9 Å². The normalized spacial score (nSPS) is 22.6. The summed E-state index contributed by atoms with van der Waals surface area (Å²) < 4.78 is 5.51. The van der Waals surface area contributed by atoms with Crippen molar-refractivity contribution in [3.63, 3.8) is 0 Å². The number of thioether (sulfide) groups is 1. The van der Waals surface area contributed by atoms with Crippen molar-refractivity contribution in [1.29, 1.82) is 0 Å². The molecule has 2 aliphatic heterocycles. The first kappa shape index (κ1) is 20.9. The predicted molar refractivity (Wildman–Crippen MR) is 118 cm³/mol. The zero-order chi connectivity index (χ0) is 20.9. The number of hydrogen-bond acceptors (Lipinski definition) is 5. The number of carbonyl (C=O) groups is 2. The van der Waals surface area contributed by atoms with Crippen LogP contribution in [0.1, 0.15) is 36.5 Å². The first-order valence-corrected chi connectivity index (χ1v) is 11.7. The van der Waals surface area contributed by atoms with Crippen LogP contribution in [-0.4, -0.2) is 42.2 Å². The van der Waals surface area contributed by atoms with E-state index in [1.165, 1.54) is 5.56 Å². The number of ether oxygens (including phenoxy) is 1. The van der Waals surface area contributed by atoms with Gasteiger partial charge >= 0.3 is 5.97 Å². The van der Waals surface area contributed by atoms with Gasteiger partial charge in [0, 0.05) is 30.6 Å². The highest BCUT2D eigenvalue weighted by Gasteiger charge is 2.41. The average Bonchev–Trinajstić information content (AvgIpc) is 3.18. The van der Waals surface area contributed by atoms with E-state index in [2.05, 4.69) is 34.5 Å². The van der Waals surface area contributed by atoms with Crippen molar-refractivity contribution < 1.29 is 14.3 Å². The summed E-state index contributed by atoms with van der Waals surface area (Å²) in [6.07, 6.45) is 3.52. The maximum Gasteiger partial charge on any atom is 0.307 e. The lowest BCUT2D eigenvalue weighted by atomic mass is 9.93. The number of esters is 1. The number of nitrogens with zero attached hydrogens (tertiary/aromatic N) is 1. The Morgan fingerprint density at radius 3 is 2.47 bits per heavy atom. The molecule has 2 heterocycles. The highest BCUT2D eigenvalue weighted by atomic mass is 32.2. The molecule has 0 aliphatic carbocycles. The van der Waals surface area contributed by atoms with Crippen LogP contribution in [0.4, 0.5) is 0 Å². The van der Waals surface area contributed by atoms with Gasteiger partial charge in [0.2, 0.25) is 5.91 Å². The number of cyclic esters (lactones) is 1. The predicted octanol–water partition coefficient (Wildman–Crippen LogP) is 3.79. The van der Waals surface area contributed by atoms with Gasteiger partial charge in [0.25, 0.3) is 0 Å². The number of hydrogen-bond donors (Lipinski definition) is 1. The maximum absolute atomic E-state index is 13.0. The second kappa shape index (κ2) is 9.67. The molecule has 0 bridgehead atoms. The zero-order valence-corrected chi connectivity index (χ0v) is 18.1. The molecule has 0 saturated carbocycles. The van der Waals surface area contributed by atoms with E-state index in [1.807, 2.05) is 36.6 Å². The lowest BCUT2D eigenvalue weighted by Gasteiger charge is -2.33. The molecule has 30 heavy (non-hydrogen) atoms. The van der Waals surface area contributed by atoms with E-state index in [4.69, 9.17) is 4.74 Å². The molecule has 158 valence electrons. The number of nitrogens with one attached hydrogen (secondary N) is 1. The Kier molecular flexibility index (Phi) is 6.75. The van der Waals surface area contributed by atoms with Crippen LogP contribution in [0.3, 0.4) is 0 Å². The van der Waals surface area contributed by atoms with Crippen molar-refractivity contribution in [1.82, 2.24) is 10.2 Å². The number of carbonyl (C=O) groups excluding carboxylic acids is 2. The molecule has 6 heteroatoms. The minimum Gasteiger partial charge on any atom is -0.457 e. The highest BCUT2D eigenvalue weighted by Crippen LogP contribution is 2.36. The SMILES string of the molecule is CSc1ccc(C2OC(=O)C[C@@H]2C(=O)NC2CCN(Cc3ccccc3)CC2)cc1. The Hall–Kier alpha value is -2.31. The lowest BCUT2D eigenvalue weighted by molar-refractivity contribution is -0.141. The third kappa shape index (κ3) is 5.05. The Balaban J connectivity index is 1.32. The summed E-state index contributed by atoms with van der Waals surface area (Å²) in [5.41, 5.74) is 2.20. The molecule has 0 spiro atoms. The quantitative estimate of drug-likeness (QED) is 0.565. The second-order valence-corrected chi connectivity index (χ2v) is 8.92. The lowest BCUT2D eigenvalue weighted by Crippen LogP contribution is -2.46. The van der Waals surface area contributed by atoms with Crippen LogP contribution in [0.2, 0.25) is 0 Å². The molecule has 0 aromatic heterocycles. The number of rotatable bonds is 6. The summed E-state index contributed by atoms with van der Waals surface area (Å²) in [4.78, 5) is 28.5. The summed E-state index contributed by atoms with van der Waals surface area (Å²) in [6, 6.07) is 18.5. The van der Waals surface area contributed by atoms with Gasteiger partial charge in [-0.3, -0.25) is 14.5 Å². The molecule has 5 nitrogen and oxygen atoms in total. The summed E-state index contributed by atoms with van der Waals surface area (Å²) >= 11 is 1.66. The average molecular weight is 425 g/mol. The van der Waals surface area contributed by atoms with Crippen molar-refractivity contribution in [2.24, 2.45) is 5.92 Å². The van der Waals surface area contributed by atoms with Crippen molar-refractivity contribution in [3.05, 3.63) is 65.7 Å². The topological polar surface area (TPSA) is 58.6 Å². The van der Waals surface area contributed by atoms with Crippen molar-refractivity contribution in [2.75, 3.05) is 19.3 Å². The molecule has 1 N–H and O–H groups in total. The molecule has 2 aliphatic rings. The van der Waals surface area contributed by atoms with Gasteiger partial charge in [-0.15, -0.1) is 11.8 Å². The van der Waals surface area contributed by atoms with E-state index in [1.54, 1.807) is 11.8 Å². The summed E-state index contributed by atoms with van der Waals surface area (Å²) in [6.45, 7) is 2.86. The van der Waals surface area contributed by atoms with E-state index in [0.717, 1.165) is 42.9 Å². The molecular weight excluding hydrogens is 396 g/mol. The molecule has 0 radical (unpaired) electrons. The number of likely N-dealkylation sites (tertiary alicyclic amines) is 1. The van der Waals surface area contributed by atoms with Crippen molar-refractivity contribution in [3.8, 4) is 0 Å². The molecule has 2 fully saturated rings. The van der Waals surface area contributed by atoms with Crippen LogP contribution in [0, 0.1) is 5.92 Å². The minimum absolute atomic E-state index is 0.0682. The first-order valence-electron chi connectivity index (χ1n) is 10.5. The molecule has 2 saturated heterocycles. The van der Waals surface area contributed by atoms with Gasteiger partial charge in [0.05, 0.1) is 12.3 Å². The molecule has 1 unspecified atom stereocenters. The van der Waals surface area contributed by atoms with Crippen molar-refractivity contribution >= 4 is 23.6 Å². The molecule has 2 atom stereocenters. The second-order valence-electron chi connectivity index (χ2n) is 8.04. The van der Waals surface area contributed by atoms with E-state index in [-0.39, 0.29) is 24.3 Å². The third-order valence-corrected chi connectivity index (χ3v) is 6.72. The fraction of sp³-hybridized carbons (Fsp3) is 0.417. The van der Waals surface area contributed by atoms with Gasteiger partial charge in [0.15, 0.2) is 0 Å². The minimum atomic E-state index is -0.494. The first-order chi connectivity index (χ1) is 14.6. The van der Waals surface area contributed by atoms with E-state index < -0.39 is 12.0 Å². The number of piperidine rings is 1. The highest BCUT2D eigenvalue weighted by molar-refractivity contribution is 7.98. The van der Waals surface area contributed by atoms with Crippen LogP contribution < -0.4 is 5.32 Å². The van der Waals surface area contributed by atoms with E-state index >= 15 is 0 Å². The Labute approximate surface area is 182 Å². The van der Waals surface area contributed by atoms with Crippen molar-refractivity contribution in [2.45, 2.75) is 42.8 Å². The largest absolute Gasteiger partial charge is 0.457 e. The van der Waals surface area contributed by atoms with Crippen LogP contribution >= 0.6 is 11.8 Å². The Morgan fingerprint density at radius 1 is 1.10 bits per heavy atom. The van der Waals surface area contributed by atoms with Gasteiger partial charge in [-0.25, -0.2) is 0 Å². The molecular formula is C24H28N2O3S. The zero-order valence-electron chi connectivity index (χ0n) is 17.3. The summed E-state index contributed by atoms with van der Waals surface area (Å²) in [5, 5.41) is 3.19. The van der Waals surface area contributed by atoms with E-state index in [9.17, 15) is 9.59 Å². The summed E-state index contributed by atoms with van der Waals surface area (Å²) in [5.74, 6) is -0.826. The van der Waals surface area contributed by atoms with Gasteiger partial charge in [-0.1, -0.05) is 42.5 Å². The fourth-order valence-electron chi connectivity index (χ4n) is 4.27. The molecule has 2 aromatic rings.